The molecule has 0 saturated carbocycles. The third-order valence-electron chi connectivity index (χ3n) is 3.44. The Bertz CT molecular complexity index is 284. The Morgan fingerprint density at radius 3 is 1.81 bits per heavy atom. The maximum atomic E-state index is 10.8. The van der Waals surface area contributed by atoms with Gasteiger partial charge in [-0.1, -0.05) is 6.92 Å². The molecule has 0 aromatic carbocycles. The maximum absolute atomic E-state index is 10.8. The summed E-state index contributed by atoms with van der Waals surface area (Å²) in [4.78, 5) is 10.8. The highest BCUT2D eigenvalue weighted by atomic mass is 16.5. The lowest BCUT2D eigenvalue weighted by atomic mass is 9.83. The van der Waals surface area contributed by atoms with E-state index >= 15 is 0 Å². The van der Waals surface area contributed by atoms with Gasteiger partial charge >= 0.3 is 5.97 Å². The van der Waals surface area contributed by atoms with Crippen LogP contribution in [0.15, 0.2) is 0 Å². The number of carboxylic acids is 1. The summed E-state index contributed by atoms with van der Waals surface area (Å²) in [6.45, 7) is 1.74. The second-order valence-electron chi connectivity index (χ2n) is 5.28. The zero-order chi connectivity index (χ0) is 16.5. The monoisotopic (exact) mass is 309 g/mol. The number of aliphatic hydroxyl groups excluding tert-OH is 3. The van der Waals surface area contributed by atoms with Gasteiger partial charge in [0.2, 0.25) is 0 Å². The van der Waals surface area contributed by atoms with Gasteiger partial charge in [0.1, 0.15) is 6.23 Å². The standard InChI is InChI=1S/C13H27NO7/c1-2-9(15)14-13(6-3-10(16)17,7-4-11(18)19)8-5-12(20)21/h9-11,14-19H,2-8H2,1H3,(H,20,21). The normalized spacial score (nSPS) is 13.9. The van der Waals surface area contributed by atoms with Crippen LogP contribution in [0.5, 0.6) is 0 Å². The fourth-order valence-corrected chi connectivity index (χ4v) is 2.20. The molecule has 0 aromatic heterocycles. The van der Waals surface area contributed by atoms with Crippen molar-refractivity contribution in [1.82, 2.24) is 5.32 Å². The topological polar surface area (TPSA) is 150 Å². The van der Waals surface area contributed by atoms with Crippen LogP contribution >= 0.6 is 0 Å². The van der Waals surface area contributed by atoms with E-state index in [-0.39, 0.29) is 38.5 Å². The van der Waals surface area contributed by atoms with Crippen molar-refractivity contribution in [2.45, 2.75) is 76.2 Å². The van der Waals surface area contributed by atoms with Crippen LogP contribution in [-0.2, 0) is 4.79 Å². The summed E-state index contributed by atoms with van der Waals surface area (Å²) in [5.41, 5.74) is -0.902. The minimum Gasteiger partial charge on any atom is -0.481 e. The summed E-state index contributed by atoms with van der Waals surface area (Å²) >= 11 is 0. The number of carboxylic acid groups (broad SMARTS) is 1. The number of nitrogens with one attached hydrogen (secondary N) is 1. The molecule has 7 N–H and O–H groups in total. The first-order valence-electron chi connectivity index (χ1n) is 7.10. The number of hydrogen-bond donors (Lipinski definition) is 7. The highest BCUT2D eigenvalue weighted by Gasteiger charge is 2.32. The Kier molecular flexibility index (Phi) is 9.67. The maximum Gasteiger partial charge on any atom is 0.303 e. The highest BCUT2D eigenvalue weighted by molar-refractivity contribution is 5.66. The molecule has 0 aromatic rings. The molecule has 0 fully saturated rings. The Morgan fingerprint density at radius 1 is 1.00 bits per heavy atom. The molecular formula is C13H27NO7. The van der Waals surface area contributed by atoms with E-state index in [1.807, 2.05) is 0 Å². The second-order valence-corrected chi connectivity index (χ2v) is 5.28. The van der Waals surface area contributed by atoms with Crippen molar-refractivity contribution in [1.29, 1.82) is 0 Å². The van der Waals surface area contributed by atoms with Gasteiger partial charge in [0.25, 0.3) is 0 Å². The van der Waals surface area contributed by atoms with Crippen LogP contribution in [0.3, 0.4) is 0 Å². The van der Waals surface area contributed by atoms with E-state index in [9.17, 15) is 9.90 Å². The Hall–Kier alpha value is -0.770. The second kappa shape index (κ2) is 10.0. The number of aliphatic carboxylic acids is 1. The van der Waals surface area contributed by atoms with Gasteiger partial charge in [-0.05, 0) is 38.5 Å². The molecule has 1 atom stereocenters. The van der Waals surface area contributed by atoms with E-state index in [4.69, 9.17) is 25.5 Å². The average Bonchev–Trinajstić information content (AvgIpc) is 2.40. The first kappa shape index (κ1) is 20.2. The van der Waals surface area contributed by atoms with Gasteiger partial charge in [-0.25, -0.2) is 0 Å². The molecule has 21 heavy (non-hydrogen) atoms. The minimum atomic E-state index is -1.55. The largest absolute Gasteiger partial charge is 0.481 e. The zero-order valence-electron chi connectivity index (χ0n) is 12.3. The number of hydrogen-bond acceptors (Lipinski definition) is 7. The van der Waals surface area contributed by atoms with Crippen molar-refractivity contribution in [3.63, 3.8) is 0 Å². The molecule has 0 heterocycles. The summed E-state index contributed by atoms with van der Waals surface area (Å²) in [5.74, 6) is -1.01. The van der Waals surface area contributed by atoms with Crippen molar-refractivity contribution in [3.8, 4) is 0 Å². The molecule has 126 valence electrons. The molecule has 0 bridgehead atoms. The molecule has 0 radical (unpaired) electrons. The lowest BCUT2D eigenvalue weighted by Crippen LogP contribution is -2.51. The van der Waals surface area contributed by atoms with Gasteiger partial charge < -0.3 is 30.6 Å². The molecule has 0 aliphatic heterocycles. The smallest absolute Gasteiger partial charge is 0.303 e. The molecule has 8 nitrogen and oxygen atoms in total. The van der Waals surface area contributed by atoms with Gasteiger partial charge in [-0.3, -0.25) is 10.1 Å². The molecule has 8 heteroatoms. The van der Waals surface area contributed by atoms with Crippen LogP contribution < -0.4 is 5.32 Å². The van der Waals surface area contributed by atoms with Crippen LogP contribution in [0.2, 0.25) is 0 Å². The third-order valence-corrected chi connectivity index (χ3v) is 3.44. The summed E-state index contributed by atoms with van der Waals surface area (Å²) in [5, 5.41) is 57.6. The quantitative estimate of drug-likeness (QED) is 0.229. The summed E-state index contributed by atoms with van der Waals surface area (Å²) < 4.78 is 0. The number of aliphatic hydroxyl groups is 5. The fourth-order valence-electron chi connectivity index (χ4n) is 2.20. The Balaban J connectivity index is 4.98. The Morgan fingerprint density at radius 2 is 1.48 bits per heavy atom. The first-order valence-corrected chi connectivity index (χ1v) is 7.10. The minimum absolute atomic E-state index is 0.00935. The predicted octanol–water partition coefficient (Wildman–Crippen LogP) is -0.910. The van der Waals surface area contributed by atoms with Crippen LogP contribution in [0.25, 0.3) is 0 Å². The summed E-state index contributed by atoms with van der Waals surface area (Å²) in [7, 11) is 0. The van der Waals surface area contributed by atoms with Gasteiger partial charge in [0, 0.05) is 12.0 Å². The molecular weight excluding hydrogens is 282 g/mol. The van der Waals surface area contributed by atoms with E-state index in [0.29, 0.717) is 6.42 Å². The SMILES string of the molecule is CCC(O)NC(CCC(=O)O)(CCC(O)O)CCC(O)O. The molecule has 0 aliphatic carbocycles. The molecule has 0 aliphatic rings. The first-order chi connectivity index (χ1) is 9.70. The zero-order valence-corrected chi connectivity index (χ0v) is 12.3. The van der Waals surface area contributed by atoms with E-state index in [2.05, 4.69) is 5.32 Å². The molecule has 0 rings (SSSR count). The van der Waals surface area contributed by atoms with Crippen molar-refractivity contribution in [3.05, 3.63) is 0 Å². The van der Waals surface area contributed by atoms with Gasteiger partial charge in [0.05, 0.1) is 0 Å². The Labute approximate surface area is 124 Å². The van der Waals surface area contributed by atoms with Crippen molar-refractivity contribution in [2.24, 2.45) is 0 Å². The lowest BCUT2D eigenvalue weighted by Gasteiger charge is -2.37. The van der Waals surface area contributed by atoms with Crippen LogP contribution in [0.4, 0.5) is 0 Å². The third kappa shape index (κ3) is 9.72. The van der Waals surface area contributed by atoms with Crippen molar-refractivity contribution >= 4 is 5.97 Å². The fraction of sp³-hybridized carbons (Fsp3) is 0.923. The number of carbonyl (C=O) groups is 1. The highest BCUT2D eigenvalue weighted by Crippen LogP contribution is 2.27. The van der Waals surface area contributed by atoms with Gasteiger partial charge in [-0.2, -0.15) is 0 Å². The van der Waals surface area contributed by atoms with Crippen molar-refractivity contribution < 1.29 is 35.4 Å². The average molecular weight is 309 g/mol. The van der Waals surface area contributed by atoms with Gasteiger partial charge in [-0.15, -0.1) is 0 Å². The molecule has 1 unspecified atom stereocenters. The van der Waals surface area contributed by atoms with E-state index in [1.54, 1.807) is 6.92 Å². The van der Waals surface area contributed by atoms with Crippen molar-refractivity contribution in [2.75, 3.05) is 0 Å². The van der Waals surface area contributed by atoms with Crippen LogP contribution in [0, 0.1) is 0 Å². The van der Waals surface area contributed by atoms with E-state index < -0.39 is 30.3 Å². The summed E-state index contributed by atoms with van der Waals surface area (Å²) in [6, 6.07) is 0. The lowest BCUT2D eigenvalue weighted by molar-refractivity contribution is -0.137. The molecule has 0 spiro atoms. The van der Waals surface area contributed by atoms with Crippen LogP contribution in [0.1, 0.15) is 51.9 Å². The van der Waals surface area contributed by atoms with E-state index in [0.717, 1.165) is 0 Å². The molecule has 0 saturated heterocycles. The molecule has 0 amide bonds. The number of rotatable bonds is 12. The predicted molar refractivity (Wildman–Crippen MR) is 74.0 cm³/mol. The van der Waals surface area contributed by atoms with Gasteiger partial charge in [0.15, 0.2) is 12.6 Å². The van der Waals surface area contributed by atoms with E-state index in [1.165, 1.54) is 0 Å². The van der Waals surface area contributed by atoms with Crippen LogP contribution in [-0.4, -0.2) is 61.0 Å². The summed E-state index contributed by atoms with van der Waals surface area (Å²) in [6.07, 6.45) is -3.25.